The van der Waals surface area contributed by atoms with Crippen LogP contribution in [0.1, 0.15) is 31.2 Å². The maximum absolute atomic E-state index is 12.4. The first-order chi connectivity index (χ1) is 14.2. The van der Waals surface area contributed by atoms with E-state index in [-0.39, 0.29) is 17.4 Å². The lowest BCUT2D eigenvalue weighted by Crippen LogP contribution is -2.61. The predicted octanol–water partition coefficient (Wildman–Crippen LogP) is 1.40. The van der Waals surface area contributed by atoms with E-state index in [0.717, 1.165) is 51.1 Å². The molecule has 0 bridgehead atoms. The Hall–Kier alpha value is -2.13. The van der Waals surface area contributed by atoms with Gasteiger partial charge in [-0.1, -0.05) is 12.1 Å². The third kappa shape index (κ3) is 4.78. The summed E-state index contributed by atoms with van der Waals surface area (Å²) in [6, 6.07) is 7.12. The molecule has 1 spiro atoms. The average molecular weight is 436 g/mol. The van der Waals surface area contributed by atoms with Gasteiger partial charge >= 0.3 is 6.09 Å². The molecule has 0 unspecified atom stereocenters. The molecule has 1 aromatic rings. The molecule has 8 nitrogen and oxygen atoms in total. The lowest BCUT2D eigenvalue weighted by Gasteiger charge is -2.54. The zero-order valence-electron chi connectivity index (χ0n) is 17.3. The van der Waals surface area contributed by atoms with Crippen molar-refractivity contribution in [2.75, 3.05) is 39.0 Å². The Bertz CT molecular complexity index is 916. The van der Waals surface area contributed by atoms with Crippen LogP contribution in [-0.2, 0) is 25.9 Å². The standard InChI is InChI=1S/C21H29N3O5S/c1-30(27,28)18-4-2-3-16(11-18)12-23-9-7-21(8-10-23)14-24(15-21)19(25)6-5-17-13-29-20(26)22-17/h2-4,11,17H,5-10,12-15H2,1H3,(H,22,26)/t17-/m1/s1. The SMILES string of the molecule is CS(=O)(=O)c1cccc(CN2CCC3(CC2)CN(C(=O)CC[C@@H]2COC(=O)N2)C3)c1. The van der Waals surface area contributed by atoms with Crippen molar-refractivity contribution in [3.8, 4) is 0 Å². The summed E-state index contributed by atoms with van der Waals surface area (Å²) in [5, 5.41) is 2.71. The van der Waals surface area contributed by atoms with Crippen LogP contribution in [0.3, 0.4) is 0 Å². The van der Waals surface area contributed by atoms with Crippen molar-refractivity contribution in [3.63, 3.8) is 0 Å². The molecular formula is C21H29N3O5S. The first-order valence-electron chi connectivity index (χ1n) is 10.4. The second-order valence-corrected chi connectivity index (χ2v) is 10.9. The summed E-state index contributed by atoms with van der Waals surface area (Å²) in [5.41, 5.74) is 1.24. The van der Waals surface area contributed by atoms with Gasteiger partial charge in [-0.05, 0) is 50.0 Å². The van der Waals surface area contributed by atoms with E-state index in [4.69, 9.17) is 4.74 Å². The van der Waals surface area contributed by atoms with E-state index in [2.05, 4.69) is 10.2 Å². The molecule has 3 fully saturated rings. The molecule has 3 aliphatic heterocycles. The molecule has 3 aliphatic rings. The molecule has 0 aliphatic carbocycles. The molecule has 1 aromatic carbocycles. The van der Waals surface area contributed by atoms with E-state index in [9.17, 15) is 18.0 Å². The monoisotopic (exact) mass is 435 g/mol. The van der Waals surface area contributed by atoms with Crippen LogP contribution in [0.2, 0.25) is 0 Å². The first-order valence-corrected chi connectivity index (χ1v) is 12.3. The maximum atomic E-state index is 12.4. The fourth-order valence-electron chi connectivity index (χ4n) is 4.61. The molecule has 3 heterocycles. The minimum Gasteiger partial charge on any atom is -0.447 e. The Kier molecular flexibility index (Phi) is 5.76. The van der Waals surface area contributed by atoms with Crippen LogP contribution in [-0.4, -0.2) is 75.3 Å². The molecule has 164 valence electrons. The lowest BCUT2D eigenvalue weighted by atomic mass is 9.71. The third-order valence-corrected chi connectivity index (χ3v) is 7.61. The highest BCUT2D eigenvalue weighted by Gasteiger charge is 2.46. The van der Waals surface area contributed by atoms with Crippen LogP contribution in [0.15, 0.2) is 29.2 Å². The molecule has 2 amide bonds. The molecule has 0 saturated carbocycles. The van der Waals surface area contributed by atoms with E-state index >= 15 is 0 Å². The number of nitrogens with zero attached hydrogens (tertiary/aromatic N) is 2. The number of hydrogen-bond acceptors (Lipinski definition) is 6. The average Bonchev–Trinajstić information content (AvgIpc) is 3.10. The van der Waals surface area contributed by atoms with Crippen LogP contribution >= 0.6 is 0 Å². The van der Waals surface area contributed by atoms with Gasteiger partial charge in [-0.2, -0.15) is 0 Å². The minimum absolute atomic E-state index is 0.0545. The normalized spacial score (nSPS) is 23.7. The van der Waals surface area contributed by atoms with Crippen molar-refractivity contribution < 1.29 is 22.7 Å². The van der Waals surface area contributed by atoms with Crippen LogP contribution in [0, 0.1) is 5.41 Å². The van der Waals surface area contributed by atoms with Gasteiger partial charge in [0.25, 0.3) is 0 Å². The largest absolute Gasteiger partial charge is 0.447 e. The summed E-state index contributed by atoms with van der Waals surface area (Å²) >= 11 is 0. The van der Waals surface area contributed by atoms with E-state index in [1.807, 2.05) is 11.0 Å². The predicted molar refractivity (Wildman–Crippen MR) is 111 cm³/mol. The van der Waals surface area contributed by atoms with Crippen molar-refractivity contribution >= 4 is 21.8 Å². The van der Waals surface area contributed by atoms with Gasteiger partial charge in [0, 0.05) is 37.7 Å². The number of ether oxygens (including phenoxy) is 1. The van der Waals surface area contributed by atoms with Crippen molar-refractivity contribution in [3.05, 3.63) is 29.8 Å². The summed E-state index contributed by atoms with van der Waals surface area (Å²) in [6.45, 7) is 4.64. The number of benzene rings is 1. The smallest absolute Gasteiger partial charge is 0.407 e. The number of cyclic esters (lactones) is 1. The molecule has 1 N–H and O–H groups in total. The summed E-state index contributed by atoms with van der Waals surface area (Å²) < 4.78 is 28.4. The second-order valence-electron chi connectivity index (χ2n) is 8.92. The highest BCUT2D eigenvalue weighted by atomic mass is 32.2. The molecule has 9 heteroatoms. The second kappa shape index (κ2) is 8.19. The zero-order valence-corrected chi connectivity index (χ0v) is 18.1. The lowest BCUT2D eigenvalue weighted by molar-refractivity contribution is -0.147. The van der Waals surface area contributed by atoms with Gasteiger partial charge in [0.1, 0.15) is 6.61 Å². The number of carbonyl (C=O) groups excluding carboxylic acids is 2. The number of sulfone groups is 1. The molecule has 4 rings (SSSR count). The van der Waals surface area contributed by atoms with E-state index in [0.29, 0.717) is 24.3 Å². The van der Waals surface area contributed by atoms with Gasteiger partial charge in [-0.15, -0.1) is 0 Å². The Labute approximate surface area is 177 Å². The number of nitrogens with one attached hydrogen (secondary N) is 1. The quantitative estimate of drug-likeness (QED) is 0.726. The highest BCUT2D eigenvalue weighted by molar-refractivity contribution is 7.90. The van der Waals surface area contributed by atoms with Gasteiger partial charge in [-0.25, -0.2) is 13.2 Å². The maximum Gasteiger partial charge on any atom is 0.407 e. The molecule has 0 aromatic heterocycles. The molecule has 30 heavy (non-hydrogen) atoms. The summed E-state index contributed by atoms with van der Waals surface area (Å²) in [4.78, 5) is 28.1. The van der Waals surface area contributed by atoms with Crippen LogP contribution < -0.4 is 5.32 Å². The number of hydrogen-bond donors (Lipinski definition) is 1. The van der Waals surface area contributed by atoms with Crippen LogP contribution in [0.5, 0.6) is 0 Å². The molecule has 0 radical (unpaired) electrons. The number of rotatable bonds is 6. The van der Waals surface area contributed by atoms with Gasteiger partial charge in [-0.3, -0.25) is 9.69 Å². The van der Waals surface area contributed by atoms with Gasteiger partial charge in [0.2, 0.25) is 5.91 Å². The van der Waals surface area contributed by atoms with E-state index in [1.165, 1.54) is 6.26 Å². The van der Waals surface area contributed by atoms with Gasteiger partial charge < -0.3 is 15.0 Å². The first kappa shape index (κ1) is 21.1. The summed E-state index contributed by atoms with van der Waals surface area (Å²) in [6.07, 6.45) is 3.99. The van der Waals surface area contributed by atoms with Crippen molar-refractivity contribution in [2.24, 2.45) is 5.41 Å². The molecule has 3 saturated heterocycles. The van der Waals surface area contributed by atoms with Crippen molar-refractivity contribution in [1.29, 1.82) is 0 Å². The van der Waals surface area contributed by atoms with E-state index < -0.39 is 15.9 Å². The fourth-order valence-corrected chi connectivity index (χ4v) is 5.30. The Morgan fingerprint density at radius 1 is 1.27 bits per heavy atom. The molecular weight excluding hydrogens is 406 g/mol. The fraction of sp³-hybridized carbons (Fsp3) is 0.619. The van der Waals surface area contributed by atoms with Crippen LogP contribution in [0.25, 0.3) is 0 Å². The number of amides is 2. The molecule has 1 atom stereocenters. The highest BCUT2D eigenvalue weighted by Crippen LogP contribution is 2.41. The third-order valence-electron chi connectivity index (χ3n) is 6.50. The number of likely N-dealkylation sites (tertiary alicyclic amines) is 2. The Balaban J connectivity index is 1.21. The van der Waals surface area contributed by atoms with Crippen molar-refractivity contribution in [2.45, 2.75) is 43.2 Å². The van der Waals surface area contributed by atoms with E-state index in [1.54, 1.807) is 18.2 Å². The Morgan fingerprint density at radius 3 is 2.63 bits per heavy atom. The Morgan fingerprint density at radius 2 is 2.00 bits per heavy atom. The van der Waals surface area contributed by atoms with Crippen molar-refractivity contribution in [1.82, 2.24) is 15.1 Å². The van der Waals surface area contributed by atoms with Crippen LogP contribution in [0.4, 0.5) is 4.79 Å². The summed E-state index contributed by atoms with van der Waals surface area (Å²) in [5.74, 6) is 0.154. The van der Waals surface area contributed by atoms with Gasteiger partial charge in [0.15, 0.2) is 9.84 Å². The number of carbonyl (C=O) groups is 2. The number of alkyl carbamates (subject to hydrolysis) is 1. The topological polar surface area (TPSA) is 96.0 Å². The van der Waals surface area contributed by atoms with Gasteiger partial charge in [0.05, 0.1) is 10.9 Å². The minimum atomic E-state index is -3.19. The number of piperidine rings is 1. The summed E-state index contributed by atoms with van der Waals surface area (Å²) in [7, 11) is -3.19. The zero-order chi connectivity index (χ0) is 21.4.